The first kappa shape index (κ1) is 14.8. The number of nitrogens with zero attached hydrogens (tertiary/aromatic N) is 4. The second kappa shape index (κ2) is 7.24. The van der Waals surface area contributed by atoms with Gasteiger partial charge in [0.15, 0.2) is 5.82 Å². The molecule has 19 heavy (non-hydrogen) atoms. The van der Waals surface area contributed by atoms with Crippen LogP contribution < -0.4 is 5.32 Å². The van der Waals surface area contributed by atoms with E-state index in [1.165, 1.54) is 25.7 Å². The van der Waals surface area contributed by atoms with Crippen molar-refractivity contribution >= 4 is 11.8 Å². The predicted molar refractivity (Wildman–Crippen MR) is 79.3 cm³/mol. The highest BCUT2D eigenvalue weighted by atomic mass is 32.2. The summed E-state index contributed by atoms with van der Waals surface area (Å²) in [7, 11) is 0. The lowest BCUT2D eigenvalue weighted by atomic mass is 9.95. The first-order valence-electron chi connectivity index (χ1n) is 7.30. The van der Waals surface area contributed by atoms with Gasteiger partial charge in [-0.2, -0.15) is 11.8 Å². The number of nitrogens with one attached hydrogen (secondary N) is 1. The summed E-state index contributed by atoms with van der Waals surface area (Å²) in [6.07, 6.45) is 8.35. The van der Waals surface area contributed by atoms with Gasteiger partial charge in [-0.15, -0.1) is 5.10 Å². The Bertz CT molecular complexity index is 381. The van der Waals surface area contributed by atoms with Gasteiger partial charge >= 0.3 is 0 Å². The maximum Gasteiger partial charge on any atom is 0.168 e. The van der Waals surface area contributed by atoms with E-state index in [1.807, 2.05) is 11.8 Å². The number of thioether (sulfide) groups is 1. The fourth-order valence-electron chi connectivity index (χ4n) is 2.75. The fraction of sp³-hybridized carbons (Fsp3) is 0.923. The smallest absolute Gasteiger partial charge is 0.168 e. The summed E-state index contributed by atoms with van der Waals surface area (Å²) in [6.45, 7) is 5.33. The minimum absolute atomic E-state index is 0.226. The topological polar surface area (TPSA) is 55.6 Å². The van der Waals surface area contributed by atoms with E-state index >= 15 is 0 Å². The lowest BCUT2D eigenvalue weighted by Gasteiger charge is -2.29. The van der Waals surface area contributed by atoms with Gasteiger partial charge in [0.2, 0.25) is 0 Å². The normalized spacial score (nSPS) is 25.4. The first-order chi connectivity index (χ1) is 9.26. The van der Waals surface area contributed by atoms with E-state index in [2.05, 4.69) is 45.6 Å². The second-order valence-corrected chi connectivity index (χ2v) is 6.47. The van der Waals surface area contributed by atoms with Gasteiger partial charge in [0.25, 0.3) is 0 Å². The molecule has 1 aromatic heterocycles. The van der Waals surface area contributed by atoms with E-state index < -0.39 is 0 Å². The van der Waals surface area contributed by atoms with Gasteiger partial charge < -0.3 is 5.32 Å². The Hall–Kier alpha value is -0.620. The van der Waals surface area contributed by atoms with Crippen LogP contribution >= 0.6 is 11.8 Å². The molecule has 0 saturated heterocycles. The van der Waals surface area contributed by atoms with Gasteiger partial charge in [-0.25, -0.2) is 4.68 Å². The molecule has 0 aliphatic heterocycles. The summed E-state index contributed by atoms with van der Waals surface area (Å²) in [5.74, 6) is 0.986. The summed E-state index contributed by atoms with van der Waals surface area (Å²) >= 11 is 1.98. The van der Waals surface area contributed by atoms with Gasteiger partial charge in [-0.3, -0.25) is 0 Å². The fourth-order valence-corrected chi connectivity index (χ4v) is 3.57. The maximum absolute atomic E-state index is 4.24. The Balaban J connectivity index is 2.05. The molecule has 0 amide bonds. The molecule has 0 aromatic carbocycles. The van der Waals surface area contributed by atoms with Crippen LogP contribution in [0, 0.1) is 0 Å². The van der Waals surface area contributed by atoms with Crippen LogP contribution in [0.2, 0.25) is 0 Å². The van der Waals surface area contributed by atoms with Crippen molar-refractivity contribution in [3.05, 3.63) is 5.82 Å². The third kappa shape index (κ3) is 3.69. The highest BCUT2D eigenvalue weighted by molar-refractivity contribution is 7.99. The van der Waals surface area contributed by atoms with Crippen LogP contribution in [-0.2, 0) is 0 Å². The third-order valence-corrected chi connectivity index (χ3v) is 4.98. The zero-order chi connectivity index (χ0) is 13.7. The van der Waals surface area contributed by atoms with E-state index in [0.29, 0.717) is 6.04 Å². The Morgan fingerprint density at radius 2 is 2.32 bits per heavy atom. The molecule has 5 nitrogen and oxygen atoms in total. The molecule has 2 rings (SSSR count). The standard InChI is InChI=1S/C13H25N5S/c1-4-8-14-10(2)13-15-16-17-18(13)11-6-5-7-12(9-11)19-3/h10-12,14H,4-9H2,1-3H3. The Morgan fingerprint density at radius 3 is 3.05 bits per heavy atom. The van der Waals surface area contributed by atoms with Gasteiger partial charge in [0.05, 0.1) is 12.1 Å². The Labute approximate surface area is 119 Å². The van der Waals surface area contributed by atoms with Crippen LogP contribution in [-0.4, -0.2) is 38.3 Å². The number of hydrogen-bond acceptors (Lipinski definition) is 5. The van der Waals surface area contributed by atoms with Crippen molar-refractivity contribution in [1.82, 2.24) is 25.5 Å². The molecule has 1 aliphatic rings. The van der Waals surface area contributed by atoms with Crippen LogP contribution in [0.5, 0.6) is 0 Å². The molecule has 1 N–H and O–H groups in total. The average Bonchev–Trinajstić information content (AvgIpc) is 2.94. The Kier molecular flexibility index (Phi) is 5.63. The molecule has 1 aromatic rings. The lowest BCUT2D eigenvalue weighted by molar-refractivity contribution is 0.314. The number of tetrazole rings is 1. The largest absolute Gasteiger partial charge is 0.307 e. The van der Waals surface area contributed by atoms with E-state index in [9.17, 15) is 0 Å². The zero-order valence-corrected chi connectivity index (χ0v) is 13.0. The minimum atomic E-state index is 0.226. The molecule has 6 heteroatoms. The van der Waals surface area contributed by atoms with E-state index in [1.54, 1.807) is 0 Å². The van der Waals surface area contributed by atoms with Crippen LogP contribution in [0.1, 0.15) is 63.9 Å². The van der Waals surface area contributed by atoms with Gasteiger partial charge in [-0.05, 0) is 55.8 Å². The van der Waals surface area contributed by atoms with E-state index in [0.717, 1.165) is 24.0 Å². The second-order valence-electron chi connectivity index (χ2n) is 5.34. The van der Waals surface area contributed by atoms with Crippen molar-refractivity contribution in [1.29, 1.82) is 0 Å². The van der Waals surface area contributed by atoms with E-state index in [-0.39, 0.29) is 6.04 Å². The third-order valence-electron chi connectivity index (χ3n) is 3.88. The quantitative estimate of drug-likeness (QED) is 0.869. The highest BCUT2D eigenvalue weighted by Gasteiger charge is 2.26. The summed E-state index contributed by atoms with van der Waals surface area (Å²) < 4.78 is 2.07. The summed E-state index contributed by atoms with van der Waals surface area (Å²) in [5, 5.41) is 16.6. The van der Waals surface area contributed by atoms with Crippen molar-refractivity contribution in [2.24, 2.45) is 0 Å². The molecule has 1 heterocycles. The summed E-state index contributed by atoms with van der Waals surface area (Å²) in [6, 6.07) is 0.701. The number of hydrogen-bond donors (Lipinski definition) is 1. The van der Waals surface area contributed by atoms with Crippen LogP contribution in [0.3, 0.4) is 0 Å². The zero-order valence-electron chi connectivity index (χ0n) is 12.2. The molecule has 0 bridgehead atoms. The summed E-state index contributed by atoms with van der Waals surface area (Å²) in [4.78, 5) is 0. The first-order valence-corrected chi connectivity index (χ1v) is 8.59. The average molecular weight is 283 g/mol. The van der Waals surface area contributed by atoms with Gasteiger partial charge in [0, 0.05) is 5.25 Å². The monoisotopic (exact) mass is 283 g/mol. The molecular formula is C13H25N5S. The predicted octanol–water partition coefficient (Wildman–Crippen LogP) is 2.58. The molecule has 1 saturated carbocycles. The van der Waals surface area contributed by atoms with E-state index in [4.69, 9.17) is 0 Å². The van der Waals surface area contributed by atoms with Crippen LogP contribution in [0.4, 0.5) is 0 Å². The minimum Gasteiger partial charge on any atom is -0.307 e. The number of rotatable bonds is 6. The van der Waals surface area contributed by atoms with Crippen molar-refractivity contribution in [2.45, 2.75) is 63.3 Å². The molecule has 1 fully saturated rings. The lowest BCUT2D eigenvalue weighted by Crippen LogP contribution is -2.27. The molecule has 0 radical (unpaired) electrons. The molecule has 1 aliphatic carbocycles. The van der Waals surface area contributed by atoms with Gasteiger partial charge in [0.1, 0.15) is 0 Å². The van der Waals surface area contributed by atoms with Gasteiger partial charge in [-0.1, -0.05) is 13.3 Å². The van der Waals surface area contributed by atoms with Crippen molar-refractivity contribution < 1.29 is 0 Å². The molecular weight excluding hydrogens is 258 g/mol. The summed E-state index contributed by atoms with van der Waals surface area (Å²) in [5.41, 5.74) is 0. The molecule has 3 atom stereocenters. The van der Waals surface area contributed by atoms with Crippen molar-refractivity contribution in [2.75, 3.05) is 12.8 Å². The van der Waals surface area contributed by atoms with Crippen LogP contribution in [0.25, 0.3) is 0 Å². The highest BCUT2D eigenvalue weighted by Crippen LogP contribution is 2.34. The number of aromatic nitrogens is 4. The SMILES string of the molecule is CCCNC(C)c1nnnn1C1CCCC(SC)C1. The Morgan fingerprint density at radius 1 is 1.47 bits per heavy atom. The van der Waals surface area contributed by atoms with Crippen molar-refractivity contribution in [3.8, 4) is 0 Å². The maximum atomic E-state index is 4.24. The molecule has 0 spiro atoms. The van der Waals surface area contributed by atoms with Crippen molar-refractivity contribution in [3.63, 3.8) is 0 Å². The molecule has 108 valence electrons. The van der Waals surface area contributed by atoms with Crippen LogP contribution in [0.15, 0.2) is 0 Å². The molecule has 3 unspecified atom stereocenters.